The average molecular weight is 301 g/mol. The van der Waals surface area contributed by atoms with Crippen molar-refractivity contribution in [1.29, 1.82) is 0 Å². The molecule has 2 N–H and O–H groups in total. The van der Waals surface area contributed by atoms with E-state index in [4.69, 9.17) is 0 Å². The molecule has 0 aliphatic heterocycles. The molecular formula is C18H27N3O. The number of aromatic nitrogens is 1. The van der Waals surface area contributed by atoms with E-state index in [-0.39, 0.29) is 0 Å². The van der Waals surface area contributed by atoms with E-state index in [0.717, 1.165) is 28.7 Å². The van der Waals surface area contributed by atoms with Gasteiger partial charge in [0.2, 0.25) is 0 Å². The summed E-state index contributed by atoms with van der Waals surface area (Å²) in [5.74, 6) is 0. The van der Waals surface area contributed by atoms with Crippen LogP contribution in [-0.4, -0.2) is 47.8 Å². The summed E-state index contributed by atoms with van der Waals surface area (Å²) >= 11 is 0. The van der Waals surface area contributed by atoms with Gasteiger partial charge in [0.15, 0.2) is 0 Å². The summed E-state index contributed by atoms with van der Waals surface area (Å²) in [7, 11) is 3.94. The lowest BCUT2D eigenvalue weighted by Crippen LogP contribution is -2.43. The van der Waals surface area contributed by atoms with Crippen molar-refractivity contribution >= 4 is 16.6 Å². The van der Waals surface area contributed by atoms with Crippen LogP contribution in [0.3, 0.4) is 0 Å². The van der Waals surface area contributed by atoms with Crippen LogP contribution in [0, 0.1) is 6.92 Å². The van der Waals surface area contributed by atoms with Crippen LogP contribution in [0.1, 0.15) is 25.1 Å². The predicted octanol–water partition coefficient (Wildman–Crippen LogP) is 2.83. The first-order chi connectivity index (χ1) is 10.3. The lowest BCUT2D eigenvalue weighted by atomic mass is 10.0. The molecule has 0 fully saturated rings. The standard InChI is InChI=1S/C18H27N3O/c1-6-14-13(2)20-16-10-8-7-9-15(16)17(14)19-11-18(3,22)12-21(4)5/h7-10,22H,6,11-12H2,1-5H3,(H,19,20). The van der Waals surface area contributed by atoms with E-state index in [1.54, 1.807) is 0 Å². The van der Waals surface area contributed by atoms with Gasteiger partial charge in [0, 0.05) is 29.9 Å². The summed E-state index contributed by atoms with van der Waals surface area (Å²) in [6, 6.07) is 8.16. The van der Waals surface area contributed by atoms with Gasteiger partial charge < -0.3 is 15.3 Å². The summed E-state index contributed by atoms with van der Waals surface area (Å²) in [6.45, 7) is 7.17. The normalized spacial score (nSPS) is 14.3. The second kappa shape index (κ2) is 6.63. The molecule has 1 aromatic heterocycles. The molecule has 0 radical (unpaired) electrons. The lowest BCUT2D eigenvalue weighted by molar-refractivity contribution is 0.0460. The van der Waals surface area contributed by atoms with Gasteiger partial charge in [-0.05, 0) is 46.0 Å². The van der Waals surface area contributed by atoms with Gasteiger partial charge in [-0.2, -0.15) is 0 Å². The summed E-state index contributed by atoms with van der Waals surface area (Å²) in [4.78, 5) is 6.69. The fourth-order valence-electron chi connectivity index (χ4n) is 3.02. The molecule has 0 amide bonds. The Morgan fingerprint density at radius 2 is 1.95 bits per heavy atom. The van der Waals surface area contributed by atoms with E-state index >= 15 is 0 Å². The van der Waals surface area contributed by atoms with Crippen LogP contribution in [0.5, 0.6) is 0 Å². The van der Waals surface area contributed by atoms with E-state index in [2.05, 4.69) is 30.2 Å². The number of hydrogen-bond donors (Lipinski definition) is 2. The summed E-state index contributed by atoms with van der Waals surface area (Å²) in [6.07, 6.45) is 0.918. The van der Waals surface area contributed by atoms with E-state index in [1.165, 1.54) is 5.56 Å². The first-order valence-corrected chi connectivity index (χ1v) is 7.83. The van der Waals surface area contributed by atoms with Crippen LogP contribution in [0.2, 0.25) is 0 Å². The minimum Gasteiger partial charge on any atom is -0.387 e. The van der Waals surface area contributed by atoms with Crippen molar-refractivity contribution in [3.05, 3.63) is 35.5 Å². The monoisotopic (exact) mass is 301 g/mol. The number of para-hydroxylation sites is 1. The second-order valence-corrected chi connectivity index (χ2v) is 6.51. The van der Waals surface area contributed by atoms with Crippen molar-refractivity contribution in [3.8, 4) is 0 Å². The number of likely N-dealkylation sites (N-methyl/N-ethyl adjacent to an activating group) is 1. The van der Waals surface area contributed by atoms with E-state index in [9.17, 15) is 5.11 Å². The molecule has 0 spiro atoms. The van der Waals surface area contributed by atoms with Crippen LogP contribution in [0.15, 0.2) is 24.3 Å². The van der Waals surface area contributed by atoms with Crippen LogP contribution in [0.4, 0.5) is 5.69 Å². The van der Waals surface area contributed by atoms with Crippen LogP contribution in [-0.2, 0) is 6.42 Å². The van der Waals surface area contributed by atoms with Crippen molar-refractivity contribution in [2.24, 2.45) is 0 Å². The number of anilines is 1. The number of aryl methyl sites for hydroxylation is 1. The van der Waals surface area contributed by atoms with Crippen molar-refractivity contribution in [2.75, 3.05) is 32.5 Å². The molecule has 1 atom stereocenters. The Morgan fingerprint density at radius 3 is 2.59 bits per heavy atom. The van der Waals surface area contributed by atoms with E-state index < -0.39 is 5.60 Å². The number of fused-ring (bicyclic) bond motifs is 1. The molecule has 1 aromatic carbocycles. The third-order valence-electron chi connectivity index (χ3n) is 3.86. The fraction of sp³-hybridized carbons (Fsp3) is 0.500. The highest BCUT2D eigenvalue weighted by molar-refractivity contribution is 5.93. The summed E-state index contributed by atoms with van der Waals surface area (Å²) in [5.41, 5.74) is 3.58. The van der Waals surface area contributed by atoms with Crippen molar-refractivity contribution in [2.45, 2.75) is 32.8 Å². The third kappa shape index (κ3) is 3.76. The first kappa shape index (κ1) is 16.7. The molecular weight excluding hydrogens is 274 g/mol. The molecule has 0 saturated carbocycles. The highest BCUT2D eigenvalue weighted by Gasteiger charge is 2.22. The number of pyridine rings is 1. The van der Waals surface area contributed by atoms with E-state index in [1.807, 2.05) is 44.1 Å². The number of nitrogens with zero attached hydrogens (tertiary/aromatic N) is 2. The molecule has 22 heavy (non-hydrogen) atoms. The Bertz CT molecular complexity index is 650. The van der Waals surface area contributed by atoms with Crippen LogP contribution >= 0.6 is 0 Å². The molecule has 120 valence electrons. The first-order valence-electron chi connectivity index (χ1n) is 7.83. The number of nitrogens with one attached hydrogen (secondary N) is 1. The molecule has 1 heterocycles. The maximum atomic E-state index is 10.5. The number of rotatable bonds is 6. The van der Waals surface area contributed by atoms with Crippen molar-refractivity contribution in [3.63, 3.8) is 0 Å². The Hall–Kier alpha value is -1.65. The van der Waals surface area contributed by atoms with Crippen molar-refractivity contribution < 1.29 is 5.11 Å². The summed E-state index contributed by atoms with van der Waals surface area (Å²) < 4.78 is 0. The molecule has 4 nitrogen and oxygen atoms in total. The largest absolute Gasteiger partial charge is 0.387 e. The van der Waals surface area contributed by atoms with Gasteiger partial charge in [0.05, 0.1) is 11.1 Å². The highest BCUT2D eigenvalue weighted by Crippen LogP contribution is 2.29. The van der Waals surface area contributed by atoms with E-state index in [0.29, 0.717) is 13.1 Å². The Kier molecular flexibility index (Phi) is 5.04. The average Bonchev–Trinajstić information content (AvgIpc) is 2.43. The molecule has 2 rings (SSSR count). The Balaban J connectivity index is 2.37. The number of aliphatic hydroxyl groups is 1. The molecule has 2 aromatic rings. The van der Waals surface area contributed by atoms with Gasteiger partial charge >= 0.3 is 0 Å². The quantitative estimate of drug-likeness (QED) is 0.861. The molecule has 0 saturated heterocycles. The van der Waals surface area contributed by atoms with Gasteiger partial charge in [-0.1, -0.05) is 25.1 Å². The SMILES string of the molecule is CCc1c(C)nc2ccccc2c1NCC(C)(O)CN(C)C. The lowest BCUT2D eigenvalue weighted by Gasteiger charge is -2.28. The molecule has 0 aliphatic carbocycles. The van der Waals surface area contributed by atoms with Gasteiger partial charge in [-0.25, -0.2) is 0 Å². The van der Waals surface area contributed by atoms with Gasteiger partial charge in [0.25, 0.3) is 0 Å². The Morgan fingerprint density at radius 1 is 1.27 bits per heavy atom. The third-order valence-corrected chi connectivity index (χ3v) is 3.86. The zero-order valence-electron chi connectivity index (χ0n) is 14.3. The molecule has 4 heteroatoms. The molecule has 0 bridgehead atoms. The number of benzene rings is 1. The molecule has 1 unspecified atom stereocenters. The Labute approximate surface area is 133 Å². The zero-order valence-corrected chi connectivity index (χ0v) is 14.3. The molecule has 0 aliphatic rings. The zero-order chi connectivity index (χ0) is 16.3. The maximum Gasteiger partial charge on any atom is 0.0917 e. The van der Waals surface area contributed by atoms with Gasteiger partial charge in [0.1, 0.15) is 0 Å². The minimum absolute atomic E-state index is 0.506. The topological polar surface area (TPSA) is 48.4 Å². The van der Waals surface area contributed by atoms with Gasteiger partial charge in [-0.15, -0.1) is 0 Å². The number of hydrogen-bond acceptors (Lipinski definition) is 4. The second-order valence-electron chi connectivity index (χ2n) is 6.51. The predicted molar refractivity (Wildman–Crippen MR) is 93.5 cm³/mol. The fourth-order valence-corrected chi connectivity index (χ4v) is 3.02. The van der Waals surface area contributed by atoms with Crippen LogP contribution < -0.4 is 5.32 Å². The highest BCUT2D eigenvalue weighted by atomic mass is 16.3. The van der Waals surface area contributed by atoms with Crippen molar-refractivity contribution in [1.82, 2.24) is 9.88 Å². The van der Waals surface area contributed by atoms with Gasteiger partial charge in [-0.3, -0.25) is 4.98 Å². The van der Waals surface area contributed by atoms with Crippen LogP contribution in [0.25, 0.3) is 10.9 Å². The summed E-state index contributed by atoms with van der Waals surface area (Å²) in [5, 5.41) is 15.1. The smallest absolute Gasteiger partial charge is 0.0917 e. The minimum atomic E-state index is -0.785. The maximum absolute atomic E-state index is 10.5.